The first-order valence-corrected chi connectivity index (χ1v) is 8.81. The molecule has 0 aliphatic carbocycles. The molecule has 1 atom stereocenters. The molecule has 26 heavy (non-hydrogen) atoms. The Morgan fingerprint density at radius 2 is 1.96 bits per heavy atom. The average Bonchev–Trinajstić information content (AvgIpc) is 3.08. The quantitative estimate of drug-likeness (QED) is 0.789. The van der Waals surface area contributed by atoms with Gasteiger partial charge in [0.2, 0.25) is 0 Å². The number of carbonyl (C=O) groups is 1. The van der Waals surface area contributed by atoms with Crippen LogP contribution in [0.1, 0.15) is 21.6 Å². The maximum absolute atomic E-state index is 12.6. The van der Waals surface area contributed by atoms with E-state index < -0.39 is 0 Å². The summed E-state index contributed by atoms with van der Waals surface area (Å²) >= 11 is 0. The molecule has 3 aromatic rings. The Morgan fingerprint density at radius 1 is 1.19 bits per heavy atom. The normalized spacial score (nSPS) is 15.8. The Hall–Kier alpha value is -3.08. The van der Waals surface area contributed by atoms with Gasteiger partial charge in [-0.15, -0.1) is 0 Å². The van der Waals surface area contributed by atoms with E-state index in [4.69, 9.17) is 4.74 Å². The van der Waals surface area contributed by atoms with E-state index in [1.54, 1.807) is 10.9 Å². The molecule has 132 valence electrons. The van der Waals surface area contributed by atoms with Gasteiger partial charge in [-0.2, -0.15) is 5.10 Å². The van der Waals surface area contributed by atoms with Crippen LogP contribution in [0, 0.1) is 12.8 Å². The van der Waals surface area contributed by atoms with E-state index in [1.807, 2.05) is 55.5 Å². The van der Waals surface area contributed by atoms with Crippen LogP contribution in [0.2, 0.25) is 0 Å². The Labute approximate surface area is 152 Å². The molecule has 1 aliphatic rings. The van der Waals surface area contributed by atoms with Crippen LogP contribution in [-0.4, -0.2) is 28.8 Å². The minimum absolute atomic E-state index is 0.0939. The fourth-order valence-electron chi connectivity index (χ4n) is 3.25. The van der Waals surface area contributed by atoms with Crippen LogP contribution in [-0.2, 0) is 6.42 Å². The summed E-state index contributed by atoms with van der Waals surface area (Å²) in [6.07, 6.45) is 2.70. The van der Waals surface area contributed by atoms with Gasteiger partial charge in [0.25, 0.3) is 5.91 Å². The van der Waals surface area contributed by atoms with Crippen molar-refractivity contribution in [2.45, 2.75) is 13.3 Å². The lowest BCUT2D eigenvalue weighted by Gasteiger charge is -2.25. The molecular formula is C21H21N3O2. The van der Waals surface area contributed by atoms with Crippen molar-refractivity contribution in [2.24, 2.45) is 5.92 Å². The third-order valence-corrected chi connectivity index (χ3v) is 4.67. The molecular weight excluding hydrogens is 326 g/mol. The molecule has 5 nitrogen and oxygen atoms in total. The van der Waals surface area contributed by atoms with Gasteiger partial charge in [-0.1, -0.05) is 36.4 Å². The van der Waals surface area contributed by atoms with Gasteiger partial charge in [0.05, 0.1) is 23.6 Å². The molecule has 0 saturated heterocycles. The van der Waals surface area contributed by atoms with E-state index in [-0.39, 0.29) is 11.8 Å². The second kappa shape index (κ2) is 7.04. The number of hydrogen-bond donors (Lipinski definition) is 1. The first kappa shape index (κ1) is 16.4. The number of benzene rings is 2. The van der Waals surface area contributed by atoms with E-state index >= 15 is 0 Å². The number of ether oxygens (including phenoxy) is 1. The van der Waals surface area contributed by atoms with Gasteiger partial charge >= 0.3 is 0 Å². The average molecular weight is 347 g/mol. The zero-order valence-corrected chi connectivity index (χ0v) is 14.7. The largest absolute Gasteiger partial charge is 0.493 e. The lowest BCUT2D eigenvalue weighted by atomic mass is 9.96. The zero-order chi connectivity index (χ0) is 17.9. The van der Waals surface area contributed by atoms with E-state index in [9.17, 15) is 4.79 Å². The minimum atomic E-state index is -0.0939. The van der Waals surface area contributed by atoms with Gasteiger partial charge in [0.1, 0.15) is 5.75 Å². The smallest absolute Gasteiger partial charge is 0.254 e. The number of rotatable bonds is 4. The molecule has 5 heteroatoms. The monoisotopic (exact) mass is 347 g/mol. The molecule has 1 unspecified atom stereocenters. The number of fused-ring (bicyclic) bond motifs is 1. The van der Waals surface area contributed by atoms with E-state index in [0.29, 0.717) is 18.7 Å². The molecule has 4 rings (SSSR count). The second-order valence-electron chi connectivity index (χ2n) is 6.61. The van der Waals surface area contributed by atoms with Gasteiger partial charge in [-0.3, -0.25) is 4.79 Å². The fourth-order valence-corrected chi connectivity index (χ4v) is 3.25. The predicted octanol–water partition coefficient (Wildman–Crippen LogP) is 3.16. The number of aromatic nitrogens is 2. The number of para-hydroxylation sites is 2. The van der Waals surface area contributed by atoms with Crippen molar-refractivity contribution in [2.75, 3.05) is 13.2 Å². The molecule has 1 N–H and O–H groups in total. The summed E-state index contributed by atoms with van der Waals surface area (Å²) in [5.41, 5.74) is 3.46. The standard InChI is InChI=1S/C21H21N3O2/c1-15-19(13-24(23-15)18-8-3-2-4-9-18)21(25)22-12-16-11-17-7-5-6-10-20(17)26-14-16/h2-10,13,16H,11-12,14H2,1H3,(H,22,25). The summed E-state index contributed by atoms with van der Waals surface area (Å²) in [4.78, 5) is 12.6. The highest BCUT2D eigenvalue weighted by molar-refractivity contribution is 5.95. The van der Waals surface area contributed by atoms with Crippen molar-refractivity contribution < 1.29 is 9.53 Å². The van der Waals surface area contributed by atoms with Crippen LogP contribution in [0.4, 0.5) is 0 Å². The second-order valence-corrected chi connectivity index (χ2v) is 6.61. The molecule has 1 aliphatic heterocycles. The van der Waals surface area contributed by atoms with E-state index in [2.05, 4.69) is 16.5 Å². The highest BCUT2D eigenvalue weighted by atomic mass is 16.5. The molecule has 0 bridgehead atoms. The summed E-state index contributed by atoms with van der Waals surface area (Å²) in [7, 11) is 0. The van der Waals surface area contributed by atoms with Gasteiger partial charge in [0.15, 0.2) is 0 Å². The van der Waals surface area contributed by atoms with Crippen molar-refractivity contribution >= 4 is 5.91 Å². The van der Waals surface area contributed by atoms with Crippen molar-refractivity contribution in [3.05, 3.63) is 77.6 Å². The molecule has 2 aromatic carbocycles. The van der Waals surface area contributed by atoms with E-state index in [0.717, 1.165) is 23.6 Å². The summed E-state index contributed by atoms with van der Waals surface area (Å²) in [5, 5.41) is 7.49. The van der Waals surface area contributed by atoms with Crippen LogP contribution in [0.15, 0.2) is 60.8 Å². The zero-order valence-electron chi connectivity index (χ0n) is 14.7. The molecule has 1 aromatic heterocycles. The van der Waals surface area contributed by atoms with Crippen LogP contribution in [0.25, 0.3) is 5.69 Å². The first-order valence-electron chi connectivity index (χ1n) is 8.81. The summed E-state index contributed by atoms with van der Waals surface area (Å²) in [6, 6.07) is 17.9. The maximum Gasteiger partial charge on any atom is 0.254 e. The summed E-state index contributed by atoms with van der Waals surface area (Å²) < 4.78 is 7.53. The van der Waals surface area contributed by atoms with Gasteiger partial charge in [0, 0.05) is 18.7 Å². The number of nitrogens with zero attached hydrogens (tertiary/aromatic N) is 2. The number of nitrogens with one attached hydrogen (secondary N) is 1. The fraction of sp³-hybridized carbons (Fsp3) is 0.238. The topological polar surface area (TPSA) is 56.2 Å². The van der Waals surface area contributed by atoms with Crippen LogP contribution in [0.3, 0.4) is 0 Å². The molecule has 0 fully saturated rings. The SMILES string of the molecule is Cc1nn(-c2ccccc2)cc1C(=O)NCC1COc2ccccc2C1. The lowest BCUT2D eigenvalue weighted by Crippen LogP contribution is -2.34. The summed E-state index contributed by atoms with van der Waals surface area (Å²) in [6.45, 7) is 3.07. The highest BCUT2D eigenvalue weighted by Gasteiger charge is 2.21. The van der Waals surface area contributed by atoms with Gasteiger partial charge in [-0.05, 0) is 37.1 Å². The molecule has 0 radical (unpaired) electrons. The van der Waals surface area contributed by atoms with Crippen molar-refractivity contribution in [1.29, 1.82) is 0 Å². The number of aryl methyl sites for hydroxylation is 1. The van der Waals surface area contributed by atoms with Crippen LogP contribution in [0.5, 0.6) is 5.75 Å². The third-order valence-electron chi connectivity index (χ3n) is 4.67. The Morgan fingerprint density at radius 3 is 2.81 bits per heavy atom. The molecule has 1 amide bonds. The van der Waals surface area contributed by atoms with Crippen molar-refractivity contribution in [3.63, 3.8) is 0 Å². The summed E-state index contributed by atoms with van der Waals surface area (Å²) in [5.74, 6) is 1.14. The van der Waals surface area contributed by atoms with Crippen LogP contribution < -0.4 is 10.1 Å². The minimum Gasteiger partial charge on any atom is -0.493 e. The number of carbonyl (C=O) groups excluding carboxylic acids is 1. The molecule has 0 spiro atoms. The Balaban J connectivity index is 1.41. The molecule has 2 heterocycles. The van der Waals surface area contributed by atoms with Crippen molar-refractivity contribution in [1.82, 2.24) is 15.1 Å². The van der Waals surface area contributed by atoms with Gasteiger partial charge in [-0.25, -0.2) is 4.68 Å². The first-order chi connectivity index (χ1) is 12.7. The third kappa shape index (κ3) is 3.33. The number of amides is 1. The lowest BCUT2D eigenvalue weighted by molar-refractivity contribution is 0.0938. The van der Waals surface area contributed by atoms with Crippen LogP contribution >= 0.6 is 0 Å². The highest BCUT2D eigenvalue weighted by Crippen LogP contribution is 2.26. The predicted molar refractivity (Wildman–Crippen MR) is 99.8 cm³/mol. The van der Waals surface area contributed by atoms with E-state index in [1.165, 1.54) is 5.56 Å². The number of hydrogen-bond acceptors (Lipinski definition) is 3. The Bertz CT molecular complexity index is 918. The molecule has 0 saturated carbocycles. The van der Waals surface area contributed by atoms with Crippen molar-refractivity contribution in [3.8, 4) is 11.4 Å². The maximum atomic E-state index is 12.6. The Kier molecular flexibility index (Phi) is 4.44. The van der Waals surface area contributed by atoms with Gasteiger partial charge < -0.3 is 10.1 Å².